The molecule has 0 aliphatic rings. The Hall–Kier alpha value is -3.25. The van der Waals surface area contributed by atoms with Crippen molar-refractivity contribution in [2.45, 2.75) is 32.7 Å². The van der Waals surface area contributed by atoms with Crippen molar-refractivity contribution in [2.75, 3.05) is 12.4 Å². The second-order valence-electron chi connectivity index (χ2n) is 7.46. The van der Waals surface area contributed by atoms with Gasteiger partial charge in [0.05, 0.1) is 10.9 Å². The Bertz CT molecular complexity index is 1080. The number of nitrogens with zero attached hydrogens (tertiary/aromatic N) is 1. The number of rotatable bonds is 8. The van der Waals surface area contributed by atoms with Gasteiger partial charge in [0.2, 0.25) is 5.91 Å². The summed E-state index contributed by atoms with van der Waals surface area (Å²) in [7, 11) is 1.74. The Morgan fingerprint density at radius 2 is 1.71 bits per heavy atom. The van der Waals surface area contributed by atoms with Crippen molar-refractivity contribution in [1.82, 2.24) is 4.90 Å². The number of hydrogen-bond acceptors (Lipinski definition) is 4. The standard InChI is InChI=1S/C25H26N2O3S/c1-17-12-14-23(31-17)22(28)13-15-24(29)27(3)18(2)20-10-7-11-21(16-20)26-25(30)19-8-5-4-6-9-19/h4-12,14,16,18H,13,15H2,1-3H3,(H,26,30). The molecule has 0 saturated heterocycles. The molecule has 3 aromatic rings. The maximum absolute atomic E-state index is 12.7. The molecule has 3 rings (SSSR count). The minimum absolute atomic E-state index is 0.00174. The highest BCUT2D eigenvalue weighted by Crippen LogP contribution is 2.24. The molecular weight excluding hydrogens is 408 g/mol. The number of ketones is 1. The zero-order valence-corrected chi connectivity index (χ0v) is 18.7. The van der Waals surface area contributed by atoms with Gasteiger partial charge in [-0.2, -0.15) is 0 Å². The minimum Gasteiger partial charge on any atom is -0.339 e. The Kier molecular flexibility index (Phi) is 7.36. The van der Waals surface area contributed by atoms with Crippen LogP contribution < -0.4 is 5.32 Å². The molecule has 0 aliphatic heterocycles. The monoisotopic (exact) mass is 434 g/mol. The van der Waals surface area contributed by atoms with Crippen LogP contribution >= 0.6 is 11.3 Å². The fraction of sp³-hybridized carbons (Fsp3) is 0.240. The van der Waals surface area contributed by atoms with Gasteiger partial charge in [-0.15, -0.1) is 11.3 Å². The minimum atomic E-state index is -0.194. The predicted molar refractivity (Wildman–Crippen MR) is 125 cm³/mol. The van der Waals surface area contributed by atoms with Crippen LogP contribution in [-0.4, -0.2) is 29.5 Å². The molecular formula is C25H26N2O3S. The first-order valence-electron chi connectivity index (χ1n) is 10.2. The van der Waals surface area contributed by atoms with E-state index in [-0.39, 0.29) is 36.5 Å². The normalized spacial score (nSPS) is 11.6. The lowest BCUT2D eigenvalue weighted by molar-refractivity contribution is -0.131. The Balaban J connectivity index is 1.60. The van der Waals surface area contributed by atoms with E-state index in [4.69, 9.17) is 0 Å². The van der Waals surface area contributed by atoms with E-state index in [1.165, 1.54) is 11.3 Å². The van der Waals surface area contributed by atoms with E-state index in [2.05, 4.69) is 5.32 Å². The van der Waals surface area contributed by atoms with Crippen LogP contribution in [0.5, 0.6) is 0 Å². The van der Waals surface area contributed by atoms with Crippen molar-refractivity contribution in [2.24, 2.45) is 0 Å². The van der Waals surface area contributed by atoms with E-state index >= 15 is 0 Å². The molecule has 1 heterocycles. The van der Waals surface area contributed by atoms with Crippen molar-refractivity contribution < 1.29 is 14.4 Å². The van der Waals surface area contributed by atoms with Crippen LogP contribution in [-0.2, 0) is 4.79 Å². The third kappa shape index (κ3) is 5.89. The van der Waals surface area contributed by atoms with Crippen LogP contribution in [0.4, 0.5) is 5.69 Å². The highest BCUT2D eigenvalue weighted by atomic mass is 32.1. The fourth-order valence-electron chi connectivity index (χ4n) is 3.21. The smallest absolute Gasteiger partial charge is 0.255 e. The zero-order valence-electron chi connectivity index (χ0n) is 17.9. The number of anilines is 1. The molecule has 0 spiro atoms. The average Bonchev–Trinajstić information content (AvgIpc) is 3.23. The lowest BCUT2D eigenvalue weighted by Gasteiger charge is -2.26. The largest absolute Gasteiger partial charge is 0.339 e. The van der Waals surface area contributed by atoms with Gasteiger partial charge >= 0.3 is 0 Å². The van der Waals surface area contributed by atoms with Crippen LogP contribution in [0.15, 0.2) is 66.7 Å². The Morgan fingerprint density at radius 1 is 0.968 bits per heavy atom. The van der Waals surface area contributed by atoms with E-state index in [0.29, 0.717) is 16.1 Å². The molecule has 1 N–H and O–H groups in total. The van der Waals surface area contributed by atoms with E-state index < -0.39 is 0 Å². The third-order valence-electron chi connectivity index (χ3n) is 5.22. The summed E-state index contributed by atoms with van der Waals surface area (Å²) in [5.41, 5.74) is 2.16. The second-order valence-corrected chi connectivity index (χ2v) is 8.75. The van der Waals surface area contributed by atoms with Crippen LogP contribution in [0, 0.1) is 6.92 Å². The fourth-order valence-corrected chi connectivity index (χ4v) is 4.05. The summed E-state index contributed by atoms with van der Waals surface area (Å²) in [5.74, 6) is -0.275. The molecule has 6 heteroatoms. The summed E-state index contributed by atoms with van der Waals surface area (Å²) >= 11 is 1.45. The summed E-state index contributed by atoms with van der Waals surface area (Å²) in [6, 6.07) is 20.0. The second kappa shape index (κ2) is 10.2. The summed E-state index contributed by atoms with van der Waals surface area (Å²) in [6.07, 6.45) is 0.365. The van der Waals surface area contributed by atoms with Gasteiger partial charge < -0.3 is 10.2 Å². The molecule has 1 aromatic heterocycles. The lowest BCUT2D eigenvalue weighted by Crippen LogP contribution is -2.30. The molecule has 1 unspecified atom stereocenters. The molecule has 2 amide bonds. The number of Topliss-reactive ketones (excluding diaryl/α,β-unsaturated/α-hetero) is 1. The third-order valence-corrected chi connectivity index (χ3v) is 6.26. The van der Waals surface area contributed by atoms with Crippen LogP contribution in [0.2, 0.25) is 0 Å². The molecule has 160 valence electrons. The van der Waals surface area contributed by atoms with Crippen molar-refractivity contribution in [3.63, 3.8) is 0 Å². The molecule has 0 bridgehead atoms. The number of carbonyl (C=O) groups excluding carboxylic acids is 3. The van der Waals surface area contributed by atoms with Crippen LogP contribution in [0.1, 0.15) is 56.3 Å². The number of aryl methyl sites for hydroxylation is 1. The molecule has 31 heavy (non-hydrogen) atoms. The van der Waals surface area contributed by atoms with Gasteiger partial charge in [0.25, 0.3) is 5.91 Å². The predicted octanol–water partition coefficient (Wildman–Crippen LogP) is 5.49. The summed E-state index contributed by atoms with van der Waals surface area (Å²) in [6.45, 7) is 3.89. The number of benzene rings is 2. The van der Waals surface area contributed by atoms with E-state index in [9.17, 15) is 14.4 Å². The van der Waals surface area contributed by atoms with Gasteiger partial charge in [0.15, 0.2) is 5.78 Å². The van der Waals surface area contributed by atoms with Crippen LogP contribution in [0.3, 0.4) is 0 Å². The summed E-state index contributed by atoms with van der Waals surface area (Å²) in [4.78, 5) is 40.8. The highest BCUT2D eigenvalue weighted by molar-refractivity contribution is 7.14. The highest BCUT2D eigenvalue weighted by Gasteiger charge is 2.19. The quantitative estimate of drug-likeness (QED) is 0.477. The van der Waals surface area contributed by atoms with Gasteiger partial charge in [-0.3, -0.25) is 14.4 Å². The maximum atomic E-state index is 12.7. The first kappa shape index (κ1) is 22.4. The first-order chi connectivity index (χ1) is 14.8. The van der Waals surface area contributed by atoms with Gasteiger partial charge in [-0.1, -0.05) is 30.3 Å². The van der Waals surface area contributed by atoms with Crippen molar-refractivity contribution in [3.8, 4) is 0 Å². The Labute approximate surface area is 186 Å². The molecule has 0 aliphatic carbocycles. The van der Waals surface area contributed by atoms with Gasteiger partial charge in [-0.05, 0) is 55.8 Å². The van der Waals surface area contributed by atoms with Crippen molar-refractivity contribution >= 4 is 34.6 Å². The van der Waals surface area contributed by atoms with E-state index in [1.807, 2.05) is 68.4 Å². The summed E-state index contributed by atoms with van der Waals surface area (Å²) in [5, 5.41) is 2.90. The van der Waals surface area contributed by atoms with Crippen LogP contribution in [0.25, 0.3) is 0 Å². The molecule has 1 atom stereocenters. The number of hydrogen-bond donors (Lipinski definition) is 1. The molecule has 0 fully saturated rings. The first-order valence-corrected chi connectivity index (χ1v) is 11.0. The lowest BCUT2D eigenvalue weighted by atomic mass is 10.1. The van der Waals surface area contributed by atoms with Crippen molar-refractivity contribution in [1.29, 1.82) is 0 Å². The number of thiophene rings is 1. The number of amides is 2. The summed E-state index contributed by atoms with van der Waals surface area (Å²) < 4.78 is 0. The zero-order chi connectivity index (χ0) is 22.4. The molecule has 0 saturated carbocycles. The van der Waals surface area contributed by atoms with Crippen molar-refractivity contribution in [3.05, 3.63) is 87.6 Å². The van der Waals surface area contributed by atoms with Gasteiger partial charge in [-0.25, -0.2) is 0 Å². The van der Waals surface area contributed by atoms with E-state index in [0.717, 1.165) is 10.4 Å². The van der Waals surface area contributed by atoms with Gasteiger partial charge in [0, 0.05) is 36.0 Å². The molecule has 2 aromatic carbocycles. The maximum Gasteiger partial charge on any atom is 0.255 e. The van der Waals surface area contributed by atoms with Gasteiger partial charge in [0.1, 0.15) is 0 Å². The topological polar surface area (TPSA) is 66.5 Å². The number of nitrogens with one attached hydrogen (secondary N) is 1. The molecule has 0 radical (unpaired) electrons. The molecule has 5 nitrogen and oxygen atoms in total. The van der Waals surface area contributed by atoms with E-state index in [1.54, 1.807) is 24.1 Å². The average molecular weight is 435 g/mol. The Morgan fingerprint density at radius 3 is 2.39 bits per heavy atom. The SMILES string of the molecule is Cc1ccc(C(=O)CCC(=O)N(C)C(C)c2cccc(NC(=O)c3ccccc3)c2)s1. The number of carbonyl (C=O) groups is 3.